The molecule has 20 heavy (non-hydrogen) atoms. The number of aromatic nitrogens is 1. The quantitative estimate of drug-likeness (QED) is 0.767. The maximum atomic E-state index is 12.7. The van der Waals surface area contributed by atoms with Gasteiger partial charge < -0.3 is 10.4 Å². The highest BCUT2D eigenvalue weighted by atomic mass is 79.9. The molecule has 0 bridgehead atoms. The largest absolute Gasteiger partial charge is 0.395 e. The minimum atomic E-state index is -3.72. The number of rotatable bonds is 7. The first-order valence-electron chi connectivity index (χ1n) is 6.36. The SMILES string of the molecule is CCNc1ncc(Br)cc1S(=O)(=O)N(CCO)C(C)C. The van der Waals surface area contributed by atoms with Crippen molar-refractivity contribution in [1.29, 1.82) is 0 Å². The minimum absolute atomic E-state index is 0.0536. The van der Waals surface area contributed by atoms with Crippen LogP contribution in [0.25, 0.3) is 0 Å². The smallest absolute Gasteiger partial charge is 0.247 e. The van der Waals surface area contributed by atoms with E-state index in [0.29, 0.717) is 16.8 Å². The molecule has 1 aromatic rings. The summed E-state index contributed by atoms with van der Waals surface area (Å²) in [6.45, 7) is 5.80. The van der Waals surface area contributed by atoms with Crippen molar-refractivity contribution in [2.24, 2.45) is 0 Å². The fourth-order valence-electron chi connectivity index (χ4n) is 1.80. The van der Waals surface area contributed by atoms with Gasteiger partial charge in [0.15, 0.2) is 0 Å². The summed E-state index contributed by atoms with van der Waals surface area (Å²) in [5.41, 5.74) is 0. The summed E-state index contributed by atoms with van der Waals surface area (Å²) in [6, 6.07) is 1.27. The number of sulfonamides is 1. The lowest BCUT2D eigenvalue weighted by molar-refractivity contribution is 0.236. The first kappa shape index (κ1) is 17.4. The molecule has 0 aliphatic carbocycles. The Hall–Kier alpha value is -0.700. The molecule has 0 saturated carbocycles. The number of nitrogens with zero attached hydrogens (tertiary/aromatic N) is 2. The predicted molar refractivity (Wildman–Crippen MR) is 82.2 cm³/mol. The van der Waals surface area contributed by atoms with Crippen LogP contribution in [0.15, 0.2) is 21.6 Å². The molecule has 0 unspecified atom stereocenters. The summed E-state index contributed by atoms with van der Waals surface area (Å²) in [5, 5.41) is 12.0. The van der Waals surface area contributed by atoms with Gasteiger partial charge in [-0.3, -0.25) is 0 Å². The van der Waals surface area contributed by atoms with E-state index in [1.54, 1.807) is 20.0 Å². The number of nitrogens with one attached hydrogen (secondary N) is 1. The van der Waals surface area contributed by atoms with Crippen LogP contribution in [-0.2, 0) is 10.0 Å². The van der Waals surface area contributed by atoms with Crippen molar-refractivity contribution in [3.8, 4) is 0 Å². The van der Waals surface area contributed by atoms with Gasteiger partial charge in [0.25, 0.3) is 0 Å². The van der Waals surface area contributed by atoms with Crippen LogP contribution in [0.3, 0.4) is 0 Å². The van der Waals surface area contributed by atoms with Gasteiger partial charge in [0.1, 0.15) is 10.7 Å². The van der Waals surface area contributed by atoms with Gasteiger partial charge in [-0.15, -0.1) is 0 Å². The maximum absolute atomic E-state index is 12.7. The molecule has 0 saturated heterocycles. The van der Waals surface area contributed by atoms with Crippen LogP contribution in [-0.4, -0.2) is 48.6 Å². The molecule has 0 spiro atoms. The Labute approximate surface area is 128 Å². The van der Waals surface area contributed by atoms with Crippen LogP contribution in [0.2, 0.25) is 0 Å². The van der Waals surface area contributed by atoms with E-state index in [9.17, 15) is 8.42 Å². The summed E-state index contributed by atoms with van der Waals surface area (Å²) in [7, 11) is -3.72. The number of aliphatic hydroxyl groups excluding tert-OH is 1. The number of hydrogen-bond acceptors (Lipinski definition) is 5. The van der Waals surface area contributed by atoms with E-state index < -0.39 is 10.0 Å². The third-order valence-corrected chi connectivity index (χ3v) is 5.17. The molecule has 114 valence electrons. The van der Waals surface area contributed by atoms with Gasteiger partial charge in [0, 0.05) is 29.8 Å². The zero-order valence-electron chi connectivity index (χ0n) is 11.8. The molecule has 0 aliphatic rings. The molecule has 0 radical (unpaired) electrons. The summed E-state index contributed by atoms with van der Waals surface area (Å²) in [5.74, 6) is 0.319. The molecule has 8 heteroatoms. The molecule has 0 atom stereocenters. The second-order valence-corrected chi connectivity index (χ2v) is 7.24. The van der Waals surface area contributed by atoms with Crippen molar-refractivity contribution in [3.63, 3.8) is 0 Å². The van der Waals surface area contributed by atoms with E-state index in [0.717, 1.165) is 0 Å². The van der Waals surface area contributed by atoms with Crippen molar-refractivity contribution in [2.75, 3.05) is 25.0 Å². The monoisotopic (exact) mass is 365 g/mol. The van der Waals surface area contributed by atoms with Gasteiger partial charge in [-0.2, -0.15) is 4.31 Å². The number of anilines is 1. The summed E-state index contributed by atoms with van der Waals surface area (Å²) in [4.78, 5) is 4.22. The second-order valence-electron chi connectivity index (χ2n) is 4.46. The van der Waals surface area contributed by atoms with E-state index in [4.69, 9.17) is 5.11 Å². The Kier molecular flexibility index (Phi) is 6.38. The fourth-order valence-corrected chi connectivity index (χ4v) is 4.06. The molecule has 1 heterocycles. The van der Waals surface area contributed by atoms with Crippen molar-refractivity contribution in [2.45, 2.75) is 31.7 Å². The lowest BCUT2D eigenvalue weighted by Gasteiger charge is -2.26. The van der Waals surface area contributed by atoms with Crippen LogP contribution in [0.4, 0.5) is 5.82 Å². The molecule has 6 nitrogen and oxygen atoms in total. The number of aliphatic hydroxyl groups is 1. The van der Waals surface area contributed by atoms with Crippen LogP contribution >= 0.6 is 15.9 Å². The number of halogens is 1. The normalized spacial score (nSPS) is 12.2. The summed E-state index contributed by atoms with van der Waals surface area (Å²) >= 11 is 3.24. The van der Waals surface area contributed by atoms with Crippen LogP contribution in [0, 0.1) is 0 Å². The third-order valence-electron chi connectivity index (χ3n) is 2.65. The Morgan fingerprint density at radius 3 is 2.65 bits per heavy atom. The van der Waals surface area contributed by atoms with Gasteiger partial charge in [0.05, 0.1) is 6.61 Å². The lowest BCUT2D eigenvalue weighted by Crippen LogP contribution is -2.39. The van der Waals surface area contributed by atoms with Crippen molar-refractivity contribution in [3.05, 3.63) is 16.7 Å². The Bertz CT molecular complexity index is 549. The van der Waals surface area contributed by atoms with E-state index in [1.165, 1.54) is 10.4 Å². The lowest BCUT2D eigenvalue weighted by atomic mass is 10.4. The van der Waals surface area contributed by atoms with Crippen molar-refractivity contribution < 1.29 is 13.5 Å². The Morgan fingerprint density at radius 2 is 2.15 bits per heavy atom. The van der Waals surface area contributed by atoms with Gasteiger partial charge >= 0.3 is 0 Å². The van der Waals surface area contributed by atoms with E-state index in [1.807, 2.05) is 6.92 Å². The van der Waals surface area contributed by atoms with Gasteiger partial charge in [-0.1, -0.05) is 0 Å². The van der Waals surface area contributed by atoms with E-state index in [2.05, 4.69) is 26.2 Å². The first-order valence-corrected chi connectivity index (χ1v) is 8.60. The molecule has 1 rings (SSSR count). The topological polar surface area (TPSA) is 82.5 Å². The summed E-state index contributed by atoms with van der Waals surface area (Å²) in [6.07, 6.45) is 1.54. The number of hydrogen-bond donors (Lipinski definition) is 2. The molecular weight excluding hydrogens is 346 g/mol. The van der Waals surface area contributed by atoms with Gasteiger partial charge in [-0.05, 0) is 42.8 Å². The Balaban J connectivity index is 3.35. The average molecular weight is 366 g/mol. The van der Waals surface area contributed by atoms with E-state index in [-0.39, 0.29) is 24.1 Å². The molecule has 0 aliphatic heterocycles. The highest BCUT2D eigenvalue weighted by molar-refractivity contribution is 9.10. The zero-order chi connectivity index (χ0) is 15.3. The molecular formula is C12H20BrN3O3S. The van der Waals surface area contributed by atoms with Gasteiger partial charge in [0.2, 0.25) is 10.0 Å². The van der Waals surface area contributed by atoms with Gasteiger partial charge in [-0.25, -0.2) is 13.4 Å². The molecule has 0 aromatic carbocycles. The Morgan fingerprint density at radius 1 is 1.50 bits per heavy atom. The average Bonchev–Trinajstić information content (AvgIpc) is 2.37. The zero-order valence-corrected chi connectivity index (χ0v) is 14.2. The number of pyridine rings is 1. The molecule has 0 fully saturated rings. The minimum Gasteiger partial charge on any atom is -0.395 e. The summed E-state index contributed by atoms with van der Waals surface area (Å²) < 4.78 is 27.3. The second kappa shape index (κ2) is 7.35. The highest BCUT2D eigenvalue weighted by Gasteiger charge is 2.29. The first-order chi connectivity index (χ1) is 9.34. The standard InChI is InChI=1S/C12H20BrN3O3S/c1-4-14-12-11(7-10(13)8-15-12)20(18,19)16(5-6-17)9(2)3/h7-9,17H,4-6H2,1-3H3,(H,14,15). The molecule has 1 aromatic heterocycles. The van der Waals surface area contributed by atoms with Crippen LogP contribution < -0.4 is 5.32 Å². The predicted octanol–water partition coefficient (Wildman–Crippen LogP) is 1.67. The van der Waals surface area contributed by atoms with Crippen LogP contribution in [0.1, 0.15) is 20.8 Å². The van der Waals surface area contributed by atoms with E-state index >= 15 is 0 Å². The fraction of sp³-hybridized carbons (Fsp3) is 0.583. The van der Waals surface area contributed by atoms with Crippen LogP contribution in [0.5, 0.6) is 0 Å². The van der Waals surface area contributed by atoms with Crippen molar-refractivity contribution >= 4 is 31.8 Å². The molecule has 2 N–H and O–H groups in total. The third kappa shape index (κ3) is 3.91. The maximum Gasteiger partial charge on any atom is 0.247 e. The molecule has 0 amide bonds. The van der Waals surface area contributed by atoms with Crippen molar-refractivity contribution in [1.82, 2.24) is 9.29 Å². The highest BCUT2D eigenvalue weighted by Crippen LogP contribution is 2.27.